The summed E-state index contributed by atoms with van der Waals surface area (Å²) >= 11 is 0. The zero-order valence-corrected chi connectivity index (χ0v) is 16.8. The van der Waals surface area contributed by atoms with E-state index >= 15 is 0 Å². The van der Waals surface area contributed by atoms with E-state index in [2.05, 4.69) is 15.2 Å². The zero-order valence-electron chi connectivity index (χ0n) is 16.0. The summed E-state index contributed by atoms with van der Waals surface area (Å²) in [4.78, 5) is 12.0. The molecule has 12 heteroatoms. The van der Waals surface area contributed by atoms with Crippen LogP contribution in [0.2, 0.25) is 0 Å². The topological polar surface area (TPSA) is 102 Å². The summed E-state index contributed by atoms with van der Waals surface area (Å²) in [6.07, 6.45) is -4.34. The molecule has 3 rings (SSSR count). The molecule has 1 N–H and O–H groups in total. The van der Waals surface area contributed by atoms with Gasteiger partial charge in [0.1, 0.15) is 5.75 Å². The SMILES string of the molecule is Cc1cc(CNC(=O)C2CCN(S(=O)(=O)c3cccc(OC(F)(F)F)c3)CC2)on1. The first-order valence-corrected chi connectivity index (χ1v) is 10.5. The van der Waals surface area contributed by atoms with E-state index in [9.17, 15) is 26.4 Å². The summed E-state index contributed by atoms with van der Waals surface area (Å²) < 4.78 is 72.7. The van der Waals surface area contributed by atoms with Gasteiger partial charge in [0, 0.05) is 31.1 Å². The van der Waals surface area contributed by atoms with Gasteiger partial charge >= 0.3 is 6.36 Å². The minimum Gasteiger partial charge on any atom is -0.406 e. The van der Waals surface area contributed by atoms with Gasteiger partial charge in [0.25, 0.3) is 0 Å². The second kappa shape index (κ2) is 8.64. The third-order valence-corrected chi connectivity index (χ3v) is 6.51. The predicted molar refractivity (Wildman–Crippen MR) is 97.7 cm³/mol. The highest BCUT2D eigenvalue weighted by atomic mass is 32.2. The van der Waals surface area contributed by atoms with Gasteiger partial charge in [0.2, 0.25) is 15.9 Å². The van der Waals surface area contributed by atoms with Crippen molar-refractivity contribution in [1.29, 1.82) is 0 Å². The molecule has 0 radical (unpaired) electrons. The third-order valence-electron chi connectivity index (χ3n) is 4.62. The van der Waals surface area contributed by atoms with Crippen molar-refractivity contribution < 1.29 is 35.6 Å². The maximum absolute atomic E-state index is 12.8. The lowest BCUT2D eigenvalue weighted by atomic mass is 9.97. The highest BCUT2D eigenvalue weighted by Crippen LogP contribution is 2.28. The first-order valence-electron chi connectivity index (χ1n) is 9.10. The summed E-state index contributed by atoms with van der Waals surface area (Å²) in [6.45, 7) is 2.10. The van der Waals surface area contributed by atoms with Gasteiger partial charge in [-0.3, -0.25) is 4.79 Å². The van der Waals surface area contributed by atoms with Crippen molar-refractivity contribution in [3.8, 4) is 5.75 Å². The number of aromatic nitrogens is 1. The molecular weight excluding hydrogens is 427 g/mol. The maximum Gasteiger partial charge on any atom is 0.573 e. The van der Waals surface area contributed by atoms with E-state index < -0.39 is 22.1 Å². The summed E-state index contributed by atoms with van der Waals surface area (Å²) in [5.41, 5.74) is 0.697. The lowest BCUT2D eigenvalue weighted by Gasteiger charge is -2.30. The number of sulfonamides is 1. The molecule has 2 heterocycles. The molecule has 2 aromatic rings. The highest BCUT2D eigenvalue weighted by molar-refractivity contribution is 7.89. The molecule has 1 aliphatic heterocycles. The van der Waals surface area contributed by atoms with E-state index in [1.807, 2.05) is 0 Å². The van der Waals surface area contributed by atoms with Gasteiger partial charge < -0.3 is 14.6 Å². The number of piperidine rings is 1. The second-order valence-electron chi connectivity index (χ2n) is 6.85. The fourth-order valence-electron chi connectivity index (χ4n) is 3.16. The predicted octanol–water partition coefficient (Wildman–Crippen LogP) is 2.60. The Kier molecular flexibility index (Phi) is 6.36. The van der Waals surface area contributed by atoms with Crippen LogP contribution in [0.4, 0.5) is 13.2 Å². The highest BCUT2D eigenvalue weighted by Gasteiger charge is 2.34. The van der Waals surface area contributed by atoms with Crippen molar-refractivity contribution in [2.75, 3.05) is 13.1 Å². The van der Waals surface area contributed by atoms with Gasteiger partial charge in [-0.25, -0.2) is 8.42 Å². The van der Waals surface area contributed by atoms with Crippen LogP contribution in [0.25, 0.3) is 0 Å². The monoisotopic (exact) mass is 447 g/mol. The number of nitrogens with one attached hydrogen (secondary N) is 1. The van der Waals surface area contributed by atoms with Crippen LogP contribution in [0.3, 0.4) is 0 Å². The van der Waals surface area contributed by atoms with Crippen LogP contribution in [-0.2, 0) is 21.4 Å². The molecule has 1 aromatic carbocycles. The summed E-state index contributed by atoms with van der Waals surface area (Å²) in [6, 6.07) is 5.95. The molecule has 1 aromatic heterocycles. The molecule has 0 aliphatic carbocycles. The normalized spacial score (nSPS) is 16.4. The van der Waals surface area contributed by atoms with Gasteiger partial charge in [0.05, 0.1) is 17.1 Å². The number of hydrogen-bond donors (Lipinski definition) is 1. The lowest BCUT2D eigenvalue weighted by molar-refractivity contribution is -0.274. The van der Waals surface area contributed by atoms with Crippen molar-refractivity contribution in [3.05, 3.63) is 41.8 Å². The van der Waals surface area contributed by atoms with Gasteiger partial charge in [-0.1, -0.05) is 11.2 Å². The average molecular weight is 447 g/mol. The maximum atomic E-state index is 12.8. The van der Waals surface area contributed by atoms with E-state index in [0.29, 0.717) is 24.3 Å². The number of hydrogen-bond acceptors (Lipinski definition) is 6. The van der Waals surface area contributed by atoms with E-state index in [-0.39, 0.29) is 36.4 Å². The molecule has 30 heavy (non-hydrogen) atoms. The fraction of sp³-hybridized carbons (Fsp3) is 0.444. The van der Waals surface area contributed by atoms with Crippen molar-refractivity contribution in [3.63, 3.8) is 0 Å². The van der Waals surface area contributed by atoms with Crippen molar-refractivity contribution in [2.45, 2.75) is 37.6 Å². The second-order valence-corrected chi connectivity index (χ2v) is 8.79. The average Bonchev–Trinajstić information content (AvgIpc) is 3.10. The van der Waals surface area contributed by atoms with Gasteiger partial charge in [-0.05, 0) is 31.9 Å². The largest absolute Gasteiger partial charge is 0.573 e. The number of alkyl halides is 3. The van der Waals surface area contributed by atoms with E-state index in [1.54, 1.807) is 13.0 Å². The number of rotatable bonds is 6. The smallest absolute Gasteiger partial charge is 0.406 e. The third kappa shape index (κ3) is 5.51. The molecule has 1 fully saturated rings. The number of halogens is 3. The standard InChI is InChI=1S/C18H20F3N3O5S/c1-12-9-15(29-23-12)11-22-17(25)13-5-7-24(8-6-13)30(26,27)16-4-2-3-14(10-16)28-18(19,20)21/h2-4,9-10,13H,5-8,11H2,1H3,(H,22,25). The van der Waals surface area contributed by atoms with E-state index in [1.165, 1.54) is 12.1 Å². The number of aryl methyl sites for hydroxylation is 1. The molecule has 0 atom stereocenters. The Morgan fingerprint density at radius 2 is 2.00 bits per heavy atom. The molecule has 1 amide bonds. The minimum atomic E-state index is -4.92. The zero-order chi connectivity index (χ0) is 21.9. The Bertz CT molecular complexity index is 998. The summed E-state index contributed by atoms with van der Waals surface area (Å²) in [5, 5.41) is 6.46. The van der Waals surface area contributed by atoms with Crippen LogP contribution < -0.4 is 10.1 Å². The van der Waals surface area contributed by atoms with Crippen LogP contribution in [0.1, 0.15) is 24.3 Å². The Morgan fingerprint density at radius 3 is 2.60 bits per heavy atom. The minimum absolute atomic E-state index is 0.0756. The number of amides is 1. The molecule has 0 bridgehead atoms. The van der Waals surface area contributed by atoms with Crippen LogP contribution in [0, 0.1) is 12.8 Å². The molecule has 0 spiro atoms. The van der Waals surface area contributed by atoms with Gasteiger partial charge in [0.15, 0.2) is 5.76 Å². The number of benzene rings is 1. The Balaban J connectivity index is 1.58. The van der Waals surface area contributed by atoms with Crippen molar-refractivity contribution >= 4 is 15.9 Å². The number of carbonyl (C=O) groups is 1. The molecular formula is C18H20F3N3O5S. The molecule has 1 saturated heterocycles. The fourth-order valence-corrected chi connectivity index (χ4v) is 4.66. The van der Waals surface area contributed by atoms with Gasteiger partial charge in [-0.2, -0.15) is 4.31 Å². The Hall–Kier alpha value is -2.60. The van der Waals surface area contributed by atoms with Crippen LogP contribution >= 0.6 is 0 Å². The van der Waals surface area contributed by atoms with E-state index in [0.717, 1.165) is 16.4 Å². The Morgan fingerprint density at radius 1 is 1.30 bits per heavy atom. The van der Waals surface area contributed by atoms with Crippen molar-refractivity contribution in [2.24, 2.45) is 5.92 Å². The lowest BCUT2D eigenvalue weighted by Crippen LogP contribution is -2.42. The summed E-state index contributed by atoms with van der Waals surface area (Å²) in [5.74, 6) is -0.690. The molecule has 1 aliphatic rings. The van der Waals surface area contributed by atoms with Crippen LogP contribution in [-0.4, -0.2) is 43.2 Å². The number of ether oxygens (including phenoxy) is 1. The number of carbonyl (C=O) groups excluding carboxylic acids is 1. The molecule has 0 unspecified atom stereocenters. The Labute approximate surface area is 171 Å². The van der Waals surface area contributed by atoms with Crippen LogP contribution in [0.15, 0.2) is 39.8 Å². The first kappa shape index (κ1) is 22.1. The quantitative estimate of drug-likeness (QED) is 0.731. The first-order chi connectivity index (χ1) is 14.0. The molecule has 8 nitrogen and oxygen atoms in total. The van der Waals surface area contributed by atoms with Crippen LogP contribution in [0.5, 0.6) is 5.75 Å². The van der Waals surface area contributed by atoms with Gasteiger partial charge in [-0.15, -0.1) is 13.2 Å². The molecule has 164 valence electrons. The molecule has 0 saturated carbocycles. The summed E-state index contributed by atoms with van der Waals surface area (Å²) in [7, 11) is -4.01. The number of nitrogens with zero attached hydrogens (tertiary/aromatic N) is 2. The van der Waals surface area contributed by atoms with Crippen molar-refractivity contribution in [1.82, 2.24) is 14.8 Å². The van der Waals surface area contributed by atoms with E-state index in [4.69, 9.17) is 4.52 Å².